The number of benzene rings is 1. The van der Waals surface area contributed by atoms with E-state index in [1.807, 2.05) is 12.1 Å². The number of carbonyl (C=O) groups excluding carboxylic acids is 1. The SMILES string of the molecule is O=C(NCc1cccc2[nH]ncc12)c1cnc(OC(F)F)c(F)c1. The topological polar surface area (TPSA) is 79.9 Å². The molecule has 0 saturated carbocycles. The number of amides is 1. The van der Waals surface area contributed by atoms with Gasteiger partial charge in [-0.15, -0.1) is 0 Å². The van der Waals surface area contributed by atoms with Gasteiger partial charge in [0.25, 0.3) is 11.8 Å². The summed E-state index contributed by atoms with van der Waals surface area (Å²) in [5.74, 6) is -2.59. The molecule has 2 heterocycles. The van der Waals surface area contributed by atoms with Gasteiger partial charge in [-0.2, -0.15) is 13.9 Å². The molecule has 3 rings (SSSR count). The van der Waals surface area contributed by atoms with Crippen molar-refractivity contribution in [2.45, 2.75) is 13.2 Å². The van der Waals surface area contributed by atoms with Crippen LogP contribution in [0.1, 0.15) is 15.9 Å². The van der Waals surface area contributed by atoms with E-state index in [2.05, 4.69) is 25.2 Å². The Labute approximate surface area is 133 Å². The van der Waals surface area contributed by atoms with Crippen LogP contribution in [0.3, 0.4) is 0 Å². The molecule has 3 aromatic rings. The summed E-state index contributed by atoms with van der Waals surface area (Å²) in [5.41, 5.74) is 1.54. The number of alkyl halides is 2. The van der Waals surface area contributed by atoms with E-state index in [1.54, 1.807) is 12.3 Å². The Hall–Kier alpha value is -3.10. The molecule has 9 heteroatoms. The second kappa shape index (κ2) is 6.57. The molecular formula is C15H11F3N4O2. The number of rotatable bonds is 5. The van der Waals surface area contributed by atoms with E-state index < -0.39 is 24.2 Å². The quantitative estimate of drug-likeness (QED) is 0.751. The second-order valence-electron chi connectivity index (χ2n) is 4.82. The third-order valence-electron chi connectivity index (χ3n) is 3.28. The summed E-state index contributed by atoms with van der Waals surface area (Å²) >= 11 is 0. The molecule has 0 aliphatic rings. The van der Waals surface area contributed by atoms with Crippen LogP contribution in [0.25, 0.3) is 10.9 Å². The number of hydrogen-bond donors (Lipinski definition) is 2. The van der Waals surface area contributed by atoms with Crippen LogP contribution in [0.4, 0.5) is 13.2 Å². The molecule has 2 N–H and O–H groups in total. The molecule has 24 heavy (non-hydrogen) atoms. The van der Waals surface area contributed by atoms with Gasteiger partial charge in [-0.1, -0.05) is 12.1 Å². The molecular weight excluding hydrogens is 325 g/mol. The van der Waals surface area contributed by atoms with Gasteiger partial charge in [-0.25, -0.2) is 9.37 Å². The van der Waals surface area contributed by atoms with Crippen LogP contribution in [-0.2, 0) is 6.54 Å². The van der Waals surface area contributed by atoms with Gasteiger partial charge in [0, 0.05) is 18.1 Å². The standard InChI is InChI=1S/C15H11F3N4O2/c16-11-4-9(6-20-14(11)24-15(17)18)13(23)19-5-8-2-1-3-12-10(8)7-21-22-12/h1-4,6-7,15H,5H2,(H,19,23)(H,21,22). The van der Waals surface area contributed by atoms with Crippen LogP contribution in [0.15, 0.2) is 36.7 Å². The first kappa shape index (κ1) is 15.8. The van der Waals surface area contributed by atoms with Crippen LogP contribution in [0, 0.1) is 5.82 Å². The summed E-state index contributed by atoms with van der Waals surface area (Å²) in [4.78, 5) is 15.4. The predicted molar refractivity (Wildman–Crippen MR) is 78.1 cm³/mol. The fraction of sp³-hybridized carbons (Fsp3) is 0.133. The van der Waals surface area contributed by atoms with Crippen molar-refractivity contribution in [1.29, 1.82) is 0 Å². The Bertz CT molecular complexity index is 882. The summed E-state index contributed by atoms with van der Waals surface area (Å²) in [6, 6.07) is 6.25. The molecule has 0 fully saturated rings. The third-order valence-corrected chi connectivity index (χ3v) is 3.28. The molecule has 0 saturated heterocycles. The number of halogens is 3. The average Bonchev–Trinajstić information content (AvgIpc) is 3.03. The highest BCUT2D eigenvalue weighted by Crippen LogP contribution is 2.18. The number of carbonyl (C=O) groups is 1. The zero-order chi connectivity index (χ0) is 17.1. The van der Waals surface area contributed by atoms with E-state index in [4.69, 9.17) is 0 Å². The molecule has 0 radical (unpaired) electrons. The van der Waals surface area contributed by atoms with Crippen molar-refractivity contribution in [3.05, 3.63) is 53.6 Å². The number of nitrogens with one attached hydrogen (secondary N) is 2. The number of hydrogen-bond acceptors (Lipinski definition) is 4. The maximum Gasteiger partial charge on any atom is 0.388 e. The van der Waals surface area contributed by atoms with E-state index in [1.165, 1.54) is 0 Å². The summed E-state index contributed by atoms with van der Waals surface area (Å²) in [7, 11) is 0. The van der Waals surface area contributed by atoms with Crippen LogP contribution < -0.4 is 10.1 Å². The molecule has 1 amide bonds. The maximum atomic E-state index is 13.6. The monoisotopic (exact) mass is 336 g/mol. The first-order chi connectivity index (χ1) is 11.5. The molecule has 6 nitrogen and oxygen atoms in total. The highest BCUT2D eigenvalue weighted by Gasteiger charge is 2.15. The Morgan fingerprint density at radius 1 is 1.33 bits per heavy atom. The molecule has 0 atom stereocenters. The van der Waals surface area contributed by atoms with Crippen molar-refractivity contribution >= 4 is 16.8 Å². The Balaban J connectivity index is 1.71. The van der Waals surface area contributed by atoms with E-state index in [-0.39, 0.29) is 12.1 Å². The first-order valence-electron chi connectivity index (χ1n) is 6.84. The van der Waals surface area contributed by atoms with Gasteiger partial charge in [0.2, 0.25) is 0 Å². The van der Waals surface area contributed by atoms with Crippen molar-refractivity contribution in [2.24, 2.45) is 0 Å². The molecule has 0 aliphatic heterocycles. The number of H-pyrrole nitrogens is 1. The average molecular weight is 336 g/mol. The Morgan fingerprint density at radius 3 is 2.92 bits per heavy atom. The fourth-order valence-electron chi connectivity index (χ4n) is 2.18. The number of ether oxygens (including phenoxy) is 1. The largest absolute Gasteiger partial charge is 0.414 e. The van der Waals surface area contributed by atoms with Crippen molar-refractivity contribution in [2.75, 3.05) is 0 Å². The van der Waals surface area contributed by atoms with Crippen LogP contribution in [-0.4, -0.2) is 27.7 Å². The number of aromatic amines is 1. The number of fused-ring (bicyclic) bond motifs is 1. The van der Waals surface area contributed by atoms with Crippen molar-refractivity contribution in [1.82, 2.24) is 20.5 Å². The molecule has 1 aromatic carbocycles. The molecule has 0 aliphatic carbocycles. The fourth-order valence-corrected chi connectivity index (χ4v) is 2.18. The van der Waals surface area contributed by atoms with Gasteiger partial charge in [0.05, 0.1) is 17.3 Å². The van der Waals surface area contributed by atoms with E-state index in [9.17, 15) is 18.0 Å². The van der Waals surface area contributed by atoms with E-state index in [0.29, 0.717) is 0 Å². The lowest BCUT2D eigenvalue weighted by molar-refractivity contribution is -0.0553. The normalized spacial score (nSPS) is 11.0. The van der Waals surface area contributed by atoms with Gasteiger partial charge in [-0.3, -0.25) is 9.89 Å². The van der Waals surface area contributed by atoms with E-state index in [0.717, 1.165) is 28.7 Å². The van der Waals surface area contributed by atoms with Crippen LogP contribution in [0.5, 0.6) is 5.88 Å². The third kappa shape index (κ3) is 3.29. The zero-order valence-electron chi connectivity index (χ0n) is 12.1. The lowest BCUT2D eigenvalue weighted by atomic mass is 10.1. The Kier molecular flexibility index (Phi) is 4.32. The molecule has 124 valence electrons. The van der Waals surface area contributed by atoms with Gasteiger partial charge in [-0.05, 0) is 17.7 Å². The summed E-state index contributed by atoms with van der Waals surface area (Å²) in [6.07, 6.45) is 2.60. The lowest BCUT2D eigenvalue weighted by Crippen LogP contribution is -2.23. The molecule has 0 bridgehead atoms. The number of pyridine rings is 1. The van der Waals surface area contributed by atoms with Gasteiger partial charge in [0.15, 0.2) is 5.82 Å². The molecule has 2 aromatic heterocycles. The summed E-state index contributed by atoms with van der Waals surface area (Å²) in [6.45, 7) is -3.01. The van der Waals surface area contributed by atoms with Gasteiger partial charge >= 0.3 is 6.61 Å². The highest BCUT2D eigenvalue weighted by molar-refractivity contribution is 5.94. The predicted octanol–water partition coefficient (Wildman–Crippen LogP) is 2.63. The van der Waals surface area contributed by atoms with Crippen molar-refractivity contribution < 1.29 is 22.7 Å². The minimum Gasteiger partial charge on any atom is -0.414 e. The first-order valence-corrected chi connectivity index (χ1v) is 6.84. The number of nitrogens with zero attached hydrogens (tertiary/aromatic N) is 2. The minimum atomic E-state index is -3.19. The zero-order valence-corrected chi connectivity index (χ0v) is 12.1. The minimum absolute atomic E-state index is 0.103. The van der Waals surface area contributed by atoms with Crippen molar-refractivity contribution in [3.63, 3.8) is 0 Å². The highest BCUT2D eigenvalue weighted by atomic mass is 19.3. The lowest BCUT2D eigenvalue weighted by Gasteiger charge is -2.08. The summed E-state index contributed by atoms with van der Waals surface area (Å²) < 4.78 is 41.6. The van der Waals surface area contributed by atoms with E-state index >= 15 is 0 Å². The molecule has 0 unspecified atom stereocenters. The van der Waals surface area contributed by atoms with Crippen molar-refractivity contribution in [3.8, 4) is 5.88 Å². The second-order valence-corrected chi connectivity index (χ2v) is 4.82. The maximum absolute atomic E-state index is 13.6. The smallest absolute Gasteiger partial charge is 0.388 e. The van der Waals surface area contributed by atoms with Gasteiger partial charge < -0.3 is 10.1 Å². The van der Waals surface area contributed by atoms with Gasteiger partial charge in [0.1, 0.15) is 0 Å². The Morgan fingerprint density at radius 2 is 2.17 bits per heavy atom. The summed E-state index contributed by atoms with van der Waals surface area (Å²) in [5, 5.41) is 10.2. The molecule has 0 spiro atoms. The van der Waals surface area contributed by atoms with Crippen LogP contribution in [0.2, 0.25) is 0 Å². The number of aromatic nitrogens is 3. The van der Waals surface area contributed by atoms with Crippen LogP contribution >= 0.6 is 0 Å².